The van der Waals surface area contributed by atoms with Crippen molar-refractivity contribution in [3.05, 3.63) is 111 Å². The molecule has 1 N–H and O–H groups in total. The number of hydrogen-bond acceptors (Lipinski definition) is 6. The zero-order valence-corrected chi connectivity index (χ0v) is 23.2. The van der Waals surface area contributed by atoms with Gasteiger partial charge in [-0.3, -0.25) is 18.9 Å². The summed E-state index contributed by atoms with van der Waals surface area (Å²) in [6.45, 7) is 3.98. The molecule has 0 fully saturated rings. The summed E-state index contributed by atoms with van der Waals surface area (Å²) in [6, 6.07) is 17.5. The van der Waals surface area contributed by atoms with Gasteiger partial charge < -0.3 is 4.42 Å². The van der Waals surface area contributed by atoms with Crippen LogP contribution in [0.25, 0.3) is 28.2 Å². The van der Waals surface area contributed by atoms with Crippen molar-refractivity contribution in [2.75, 3.05) is 0 Å². The number of H-pyrrole nitrogens is 1. The molecule has 0 unspecified atom stereocenters. The molecule has 5 rings (SSSR count). The van der Waals surface area contributed by atoms with E-state index in [1.807, 2.05) is 55.5 Å². The van der Waals surface area contributed by atoms with Crippen LogP contribution in [0.1, 0.15) is 42.4 Å². The Morgan fingerprint density at radius 1 is 1.00 bits per heavy atom. The number of aromatic amines is 1. The standard InChI is InChI=1S/C28H26N4O4.Na/c1-3-4-9-25-24(27(33)32(18(2)29-25)21-14-15-35-17-21)16-19-10-12-20(13-11-19)22-7-5-6-8-23(22)26-30-28(34)36-31-26;/h5-8,10-15,17H,3-4,9,16H2,1-2H3,(H,30,31,34);. The zero-order valence-electron chi connectivity index (χ0n) is 21.2. The van der Waals surface area contributed by atoms with Gasteiger partial charge in [0.2, 0.25) is 0 Å². The number of furan rings is 1. The van der Waals surface area contributed by atoms with Crippen molar-refractivity contribution in [3.8, 4) is 28.2 Å². The van der Waals surface area contributed by atoms with Gasteiger partial charge in [0.25, 0.3) is 5.56 Å². The largest absolute Gasteiger partial charge is 0.470 e. The second-order valence-corrected chi connectivity index (χ2v) is 8.67. The zero-order chi connectivity index (χ0) is 25.1. The average molecular weight is 506 g/mol. The summed E-state index contributed by atoms with van der Waals surface area (Å²) in [4.78, 5) is 32.5. The minimum Gasteiger partial charge on any atom is -0.470 e. The molecule has 2 aromatic carbocycles. The van der Waals surface area contributed by atoms with Crippen LogP contribution in [-0.4, -0.2) is 49.2 Å². The van der Waals surface area contributed by atoms with Crippen molar-refractivity contribution in [3.63, 3.8) is 0 Å². The van der Waals surface area contributed by atoms with Gasteiger partial charge in [0.15, 0.2) is 5.82 Å². The van der Waals surface area contributed by atoms with Crippen LogP contribution >= 0.6 is 0 Å². The quantitative estimate of drug-likeness (QED) is 0.307. The molecule has 0 saturated carbocycles. The summed E-state index contributed by atoms with van der Waals surface area (Å²) < 4.78 is 11.5. The molecule has 183 valence electrons. The molecule has 0 aliphatic carbocycles. The Kier molecular flexibility index (Phi) is 8.43. The monoisotopic (exact) mass is 505 g/mol. The third-order valence-electron chi connectivity index (χ3n) is 6.23. The van der Waals surface area contributed by atoms with Gasteiger partial charge in [-0.2, -0.15) is 0 Å². The molecular weight excluding hydrogens is 479 g/mol. The first-order valence-electron chi connectivity index (χ1n) is 11.9. The third-order valence-corrected chi connectivity index (χ3v) is 6.23. The summed E-state index contributed by atoms with van der Waals surface area (Å²) in [5.41, 5.74) is 5.80. The van der Waals surface area contributed by atoms with E-state index >= 15 is 0 Å². The summed E-state index contributed by atoms with van der Waals surface area (Å²) >= 11 is 0. The van der Waals surface area contributed by atoms with E-state index < -0.39 is 5.76 Å². The van der Waals surface area contributed by atoms with Crippen molar-refractivity contribution in [1.82, 2.24) is 19.7 Å². The second-order valence-electron chi connectivity index (χ2n) is 8.67. The molecule has 3 heterocycles. The number of unbranched alkanes of at least 4 members (excludes halogenated alkanes) is 1. The molecule has 37 heavy (non-hydrogen) atoms. The first-order valence-corrected chi connectivity index (χ1v) is 11.9. The molecule has 0 bridgehead atoms. The number of nitrogens with one attached hydrogen (secondary N) is 1. The number of aryl methyl sites for hydroxylation is 2. The first kappa shape index (κ1) is 26.6. The van der Waals surface area contributed by atoms with Gasteiger partial charge >= 0.3 is 5.76 Å². The van der Waals surface area contributed by atoms with Crippen LogP contribution < -0.4 is 11.3 Å². The average Bonchev–Trinajstić information content (AvgIpc) is 3.57. The Morgan fingerprint density at radius 2 is 1.76 bits per heavy atom. The van der Waals surface area contributed by atoms with Gasteiger partial charge in [0.1, 0.15) is 12.1 Å². The van der Waals surface area contributed by atoms with Crippen molar-refractivity contribution >= 4 is 29.6 Å². The maximum Gasteiger partial charge on any atom is 0.439 e. The molecule has 0 atom stereocenters. The van der Waals surface area contributed by atoms with Crippen LogP contribution in [0.15, 0.2) is 85.7 Å². The van der Waals surface area contributed by atoms with Crippen LogP contribution in [0.5, 0.6) is 0 Å². The van der Waals surface area contributed by atoms with E-state index in [1.54, 1.807) is 23.2 Å². The van der Waals surface area contributed by atoms with E-state index in [-0.39, 0.29) is 35.1 Å². The minimum absolute atomic E-state index is 0. The smallest absolute Gasteiger partial charge is 0.439 e. The number of benzene rings is 2. The fraction of sp³-hybridized carbons (Fsp3) is 0.214. The van der Waals surface area contributed by atoms with Crippen LogP contribution in [0.3, 0.4) is 0 Å². The van der Waals surface area contributed by atoms with Crippen LogP contribution in [0.2, 0.25) is 0 Å². The fourth-order valence-corrected chi connectivity index (χ4v) is 4.43. The molecule has 3 aromatic heterocycles. The molecule has 0 spiro atoms. The summed E-state index contributed by atoms with van der Waals surface area (Å²) in [5.74, 6) is 0.432. The van der Waals surface area contributed by atoms with E-state index in [0.717, 1.165) is 47.2 Å². The second kappa shape index (κ2) is 11.7. The molecule has 0 aliphatic heterocycles. The Balaban J connectivity index is 0.00000320. The van der Waals surface area contributed by atoms with E-state index in [0.29, 0.717) is 29.3 Å². The SMILES string of the molecule is CCCCc1nc(C)n(-c2ccoc2)c(=O)c1Cc1ccc(-c2ccccc2-c2noc(=O)[nH]2)cc1.[Na]. The Labute approximate surface area is 235 Å². The fourth-order valence-electron chi connectivity index (χ4n) is 4.43. The molecule has 1 radical (unpaired) electrons. The molecule has 0 saturated heterocycles. The summed E-state index contributed by atoms with van der Waals surface area (Å²) in [6.07, 6.45) is 6.33. The van der Waals surface area contributed by atoms with Gasteiger partial charge in [0.05, 0.1) is 17.6 Å². The number of nitrogens with zero attached hydrogens (tertiary/aromatic N) is 3. The van der Waals surface area contributed by atoms with Crippen molar-refractivity contribution in [1.29, 1.82) is 0 Å². The number of aromatic nitrogens is 4. The maximum absolute atomic E-state index is 13.6. The van der Waals surface area contributed by atoms with E-state index in [1.165, 1.54) is 0 Å². The van der Waals surface area contributed by atoms with E-state index in [9.17, 15) is 9.59 Å². The van der Waals surface area contributed by atoms with Crippen molar-refractivity contribution < 1.29 is 8.94 Å². The summed E-state index contributed by atoms with van der Waals surface area (Å²) in [7, 11) is 0. The van der Waals surface area contributed by atoms with Crippen LogP contribution in [-0.2, 0) is 12.8 Å². The predicted octanol–water partition coefficient (Wildman–Crippen LogP) is 4.70. The summed E-state index contributed by atoms with van der Waals surface area (Å²) in [5, 5.41) is 3.83. The van der Waals surface area contributed by atoms with Gasteiger partial charge in [-0.1, -0.05) is 67.0 Å². The Bertz CT molecular complexity index is 1600. The third kappa shape index (κ3) is 5.61. The van der Waals surface area contributed by atoms with Gasteiger partial charge in [0, 0.05) is 53.2 Å². The minimum atomic E-state index is -0.596. The Hall–Kier alpha value is -3.46. The molecule has 9 heteroatoms. The van der Waals surface area contributed by atoms with Gasteiger partial charge in [-0.25, -0.2) is 9.78 Å². The first-order chi connectivity index (χ1) is 17.5. The van der Waals surface area contributed by atoms with E-state index in [2.05, 4.69) is 21.6 Å². The molecule has 8 nitrogen and oxygen atoms in total. The Morgan fingerprint density at radius 3 is 2.41 bits per heavy atom. The predicted molar refractivity (Wildman–Crippen MR) is 142 cm³/mol. The molecule has 0 aliphatic rings. The van der Waals surface area contributed by atoms with Crippen LogP contribution in [0, 0.1) is 6.92 Å². The van der Waals surface area contributed by atoms with Gasteiger partial charge in [-0.05, 0) is 36.5 Å². The van der Waals surface area contributed by atoms with Gasteiger partial charge in [-0.15, -0.1) is 0 Å². The maximum atomic E-state index is 13.6. The van der Waals surface area contributed by atoms with E-state index in [4.69, 9.17) is 9.40 Å². The molecule has 0 amide bonds. The van der Waals surface area contributed by atoms with Crippen molar-refractivity contribution in [2.45, 2.75) is 39.5 Å². The van der Waals surface area contributed by atoms with Crippen LogP contribution in [0.4, 0.5) is 0 Å². The number of rotatable bonds is 8. The van der Waals surface area contributed by atoms with Crippen molar-refractivity contribution in [2.24, 2.45) is 0 Å². The number of hydrogen-bond donors (Lipinski definition) is 1. The molecule has 5 aromatic rings. The normalized spacial score (nSPS) is 10.9. The topological polar surface area (TPSA) is 107 Å². The molecular formula is C28H26N4NaO4.